The molecule has 2 rings (SSSR count). The molecule has 1 aromatic carbocycles. The fourth-order valence-corrected chi connectivity index (χ4v) is 1.84. The van der Waals surface area contributed by atoms with E-state index in [1.54, 1.807) is 29.1 Å². The van der Waals surface area contributed by atoms with Crippen molar-refractivity contribution in [2.75, 3.05) is 12.4 Å². The summed E-state index contributed by atoms with van der Waals surface area (Å²) in [5.74, 6) is 0.193. The summed E-state index contributed by atoms with van der Waals surface area (Å²) < 4.78 is 6.84. The van der Waals surface area contributed by atoms with E-state index in [4.69, 9.17) is 16.3 Å². The zero-order chi connectivity index (χ0) is 14.0. The molecule has 6 heteroatoms. The number of ether oxygens (including phenoxy) is 1. The van der Waals surface area contributed by atoms with E-state index < -0.39 is 0 Å². The summed E-state index contributed by atoms with van der Waals surface area (Å²) in [4.78, 5) is 12.2. The molecule has 0 fully saturated rings. The number of nitrogens with zero attached hydrogens (tertiary/aromatic N) is 2. The molecule has 1 heterocycles. The van der Waals surface area contributed by atoms with E-state index in [1.807, 2.05) is 14.0 Å². The van der Waals surface area contributed by atoms with Crippen LogP contribution >= 0.6 is 11.6 Å². The van der Waals surface area contributed by atoms with Crippen LogP contribution in [-0.2, 0) is 7.05 Å². The lowest BCUT2D eigenvalue weighted by molar-refractivity contribution is 0.102. The van der Waals surface area contributed by atoms with Gasteiger partial charge in [-0.25, -0.2) is 0 Å². The molecule has 0 spiro atoms. The molecule has 0 saturated heterocycles. The lowest BCUT2D eigenvalue weighted by Gasteiger charge is -2.09. The average molecular weight is 280 g/mol. The number of amides is 1. The summed E-state index contributed by atoms with van der Waals surface area (Å²) in [6.45, 7) is 1.87. The van der Waals surface area contributed by atoms with Gasteiger partial charge in [0, 0.05) is 12.1 Å². The first-order valence-electron chi connectivity index (χ1n) is 5.66. The van der Waals surface area contributed by atoms with Crippen molar-refractivity contribution in [1.29, 1.82) is 0 Å². The van der Waals surface area contributed by atoms with E-state index in [-0.39, 0.29) is 5.91 Å². The van der Waals surface area contributed by atoms with Crippen LogP contribution in [-0.4, -0.2) is 22.8 Å². The normalized spacial score (nSPS) is 10.3. The molecule has 0 aliphatic rings. The first-order valence-corrected chi connectivity index (χ1v) is 6.04. The summed E-state index contributed by atoms with van der Waals surface area (Å²) in [7, 11) is 3.32. The summed E-state index contributed by atoms with van der Waals surface area (Å²) in [5.41, 5.74) is 1.92. The standard InChI is InChI=1S/C13H14ClN3O2/c1-8-11(7-15-17(8)2)16-13(18)10-6-9(14)4-5-12(10)19-3/h4-7H,1-3H3,(H,16,18). The van der Waals surface area contributed by atoms with Gasteiger partial charge in [-0.3, -0.25) is 9.48 Å². The Labute approximate surface area is 116 Å². The molecule has 0 radical (unpaired) electrons. The van der Waals surface area contributed by atoms with Gasteiger partial charge in [0.05, 0.1) is 30.3 Å². The number of halogens is 1. The SMILES string of the molecule is COc1ccc(Cl)cc1C(=O)Nc1cnn(C)c1C. The molecule has 1 aromatic heterocycles. The predicted octanol–water partition coefficient (Wildman–Crippen LogP) is 2.64. The number of rotatable bonds is 3. The largest absolute Gasteiger partial charge is 0.496 e. The summed E-state index contributed by atoms with van der Waals surface area (Å²) in [5, 5.41) is 7.34. The van der Waals surface area contributed by atoms with Crippen LogP contribution in [0, 0.1) is 6.92 Å². The molecule has 0 bridgehead atoms. The van der Waals surface area contributed by atoms with Gasteiger partial charge >= 0.3 is 0 Å². The molecular formula is C13H14ClN3O2. The fraction of sp³-hybridized carbons (Fsp3) is 0.231. The third kappa shape index (κ3) is 2.71. The van der Waals surface area contributed by atoms with Gasteiger partial charge in [0.15, 0.2) is 0 Å². The number of nitrogens with one attached hydrogen (secondary N) is 1. The number of benzene rings is 1. The number of carbonyl (C=O) groups is 1. The molecule has 0 atom stereocenters. The molecular weight excluding hydrogens is 266 g/mol. The Hall–Kier alpha value is -2.01. The Morgan fingerprint density at radius 3 is 2.79 bits per heavy atom. The first kappa shape index (κ1) is 13.4. The van der Waals surface area contributed by atoms with Crippen molar-refractivity contribution in [3.05, 3.63) is 40.7 Å². The van der Waals surface area contributed by atoms with Crippen LogP contribution < -0.4 is 10.1 Å². The summed E-state index contributed by atoms with van der Waals surface area (Å²) in [6, 6.07) is 4.90. The van der Waals surface area contributed by atoms with E-state index in [2.05, 4.69) is 10.4 Å². The maximum absolute atomic E-state index is 12.2. The van der Waals surface area contributed by atoms with E-state index in [1.165, 1.54) is 7.11 Å². The minimum atomic E-state index is -0.282. The number of hydrogen-bond acceptors (Lipinski definition) is 3. The van der Waals surface area contributed by atoms with Crippen molar-refractivity contribution in [2.45, 2.75) is 6.92 Å². The highest BCUT2D eigenvalue weighted by Crippen LogP contribution is 2.24. The summed E-state index contributed by atoms with van der Waals surface area (Å²) >= 11 is 5.90. The number of methoxy groups -OCH3 is 1. The Morgan fingerprint density at radius 2 is 2.21 bits per heavy atom. The highest BCUT2D eigenvalue weighted by molar-refractivity contribution is 6.31. The maximum atomic E-state index is 12.2. The zero-order valence-corrected chi connectivity index (χ0v) is 11.7. The number of aryl methyl sites for hydroxylation is 1. The molecule has 2 aromatic rings. The van der Waals surface area contributed by atoms with Crippen LogP contribution in [0.2, 0.25) is 5.02 Å². The van der Waals surface area contributed by atoms with E-state index in [0.29, 0.717) is 22.0 Å². The Morgan fingerprint density at radius 1 is 1.47 bits per heavy atom. The lowest BCUT2D eigenvalue weighted by atomic mass is 10.2. The summed E-state index contributed by atoms with van der Waals surface area (Å²) in [6.07, 6.45) is 1.60. The van der Waals surface area contributed by atoms with Crippen molar-refractivity contribution in [1.82, 2.24) is 9.78 Å². The number of aromatic nitrogens is 2. The lowest BCUT2D eigenvalue weighted by Crippen LogP contribution is -2.13. The molecule has 0 aliphatic carbocycles. The van der Waals surface area contributed by atoms with Crippen LogP contribution in [0.4, 0.5) is 5.69 Å². The Bertz CT molecular complexity index is 622. The molecule has 1 amide bonds. The third-order valence-corrected chi connectivity index (χ3v) is 3.12. The molecule has 100 valence electrons. The van der Waals surface area contributed by atoms with Crippen LogP contribution in [0.1, 0.15) is 16.1 Å². The van der Waals surface area contributed by atoms with Gasteiger partial charge in [0.2, 0.25) is 0 Å². The van der Waals surface area contributed by atoms with Crippen LogP contribution in [0.5, 0.6) is 5.75 Å². The van der Waals surface area contributed by atoms with Gasteiger partial charge in [-0.15, -0.1) is 0 Å². The predicted molar refractivity (Wildman–Crippen MR) is 73.9 cm³/mol. The fourth-order valence-electron chi connectivity index (χ4n) is 1.67. The van der Waals surface area contributed by atoms with E-state index in [9.17, 15) is 4.79 Å². The molecule has 5 nitrogen and oxygen atoms in total. The maximum Gasteiger partial charge on any atom is 0.259 e. The van der Waals surface area contributed by atoms with Crippen molar-refractivity contribution in [2.24, 2.45) is 7.05 Å². The molecule has 1 N–H and O–H groups in total. The average Bonchev–Trinajstić information content (AvgIpc) is 2.70. The Kier molecular flexibility index (Phi) is 3.76. The van der Waals surface area contributed by atoms with Crippen molar-refractivity contribution >= 4 is 23.2 Å². The third-order valence-electron chi connectivity index (χ3n) is 2.89. The van der Waals surface area contributed by atoms with Crippen molar-refractivity contribution < 1.29 is 9.53 Å². The molecule has 0 saturated carbocycles. The quantitative estimate of drug-likeness (QED) is 0.940. The highest BCUT2D eigenvalue weighted by Gasteiger charge is 2.15. The highest BCUT2D eigenvalue weighted by atomic mass is 35.5. The van der Waals surface area contributed by atoms with Gasteiger partial charge in [0.25, 0.3) is 5.91 Å². The van der Waals surface area contributed by atoms with Gasteiger partial charge in [-0.05, 0) is 25.1 Å². The second kappa shape index (κ2) is 5.32. The molecule has 0 unspecified atom stereocenters. The number of hydrogen-bond donors (Lipinski definition) is 1. The van der Waals surface area contributed by atoms with Gasteiger partial charge in [-0.1, -0.05) is 11.6 Å². The van der Waals surface area contributed by atoms with Crippen LogP contribution in [0.15, 0.2) is 24.4 Å². The molecule has 19 heavy (non-hydrogen) atoms. The van der Waals surface area contributed by atoms with Crippen molar-refractivity contribution in [3.8, 4) is 5.75 Å². The number of carbonyl (C=O) groups excluding carboxylic acids is 1. The second-order valence-electron chi connectivity index (χ2n) is 4.07. The minimum absolute atomic E-state index is 0.282. The van der Waals surface area contributed by atoms with Crippen LogP contribution in [0.25, 0.3) is 0 Å². The monoisotopic (exact) mass is 279 g/mol. The van der Waals surface area contributed by atoms with Crippen molar-refractivity contribution in [3.63, 3.8) is 0 Å². The Balaban J connectivity index is 2.30. The number of anilines is 1. The van der Waals surface area contributed by atoms with E-state index >= 15 is 0 Å². The topological polar surface area (TPSA) is 56.1 Å². The van der Waals surface area contributed by atoms with Gasteiger partial charge in [0.1, 0.15) is 5.75 Å². The smallest absolute Gasteiger partial charge is 0.259 e. The van der Waals surface area contributed by atoms with E-state index in [0.717, 1.165) is 5.69 Å². The molecule has 0 aliphatic heterocycles. The minimum Gasteiger partial charge on any atom is -0.496 e. The zero-order valence-electron chi connectivity index (χ0n) is 10.9. The van der Waals surface area contributed by atoms with Gasteiger partial charge < -0.3 is 10.1 Å². The second-order valence-corrected chi connectivity index (χ2v) is 4.50. The van der Waals surface area contributed by atoms with Crippen LogP contribution in [0.3, 0.4) is 0 Å². The first-order chi connectivity index (χ1) is 9.02. The van der Waals surface area contributed by atoms with Gasteiger partial charge in [-0.2, -0.15) is 5.10 Å².